The highest BCUT2D eigenvalue weighted by molar-refractivity contribution is 7.09. The van der Waals surface area contributed by atoms with Crippen LogP contribution in [0.2, 0.25) is 0 Å². The maximum Gasteiger partial charge on any atom is 0.207 e. The fourth-order valence-corrected chi connectivity index (χ4v) is 1.28. The summed E-state index contributed by atoms with van der Waals surface area (Å²) in [5, 5.41) is 5.44. The van der Waals surface area contributed by atoms with E-state index in [1.54, 1.807) is 6.20 Å². The highest BCUT2D eigenvalue weighted by Crippen LogP contribution is 2.13. The van der Waals surface area contributed by atoms with Crippen LogP contribution in [0.3, 0.4) is 0 Å². The molecule has 0 aromatic carbocycles. The van der Waals surface area contributed by atoms with Crippen molar-refractivity contribution in [3.63, 3.8) is 0 Å². The van der Waals surface area contributed by atoms with Crippen molar-refractivity contribution in [3.8, 4) is 0 Å². The lowest BCUT2D eigenvalue weighted by molar-refractivity contribution is -0.110. The van der Waals surface area contributed by atoms with Gasteiger partial charge in [-0.2, -0.15) is 0 Å². The molecule has 1 aromatic rings. The predicted molar refractivity (Wildman–Crippen MR) is 39.7 cm³/mol. The van der Waals surface area contributed by atoms with Gasteiger partial charge >= 0.3 is 0 Å². The van der Waals surface area contributed by atoms with Gasteiger partial charge in [-0.25, -0.2) is 4.98 Å². The molecule has 4 heteroatoms. The van der Waals surface area contributed by atoms with Gasteiger partial charge in [0.2, 0.25) is 6.41 Å². The third-order valence-electron chi connectivity index (χ3n) is 1.14. The van der Waals surface area contributed by atoms with Gasteiger partial charge in [0.25, 0.3) is 0 Å². The molecule has 1 atom stereocenters. The first kappa shape index (κ1) is 7.21. The van der Waals surface area contributed by atoms with E-state index in [-0.39, 0.29) is 6.04 Å². The molecule has 10 heavy (non-hydrogen) atoms. The van der Waals surface area contributed by atoms with Crippen molar-refractivity contribution in [2.75, 3.05) is 0 Å². The van der Waals surface area contributed by atoms with E-state index >= 15 is 0 Å². The Labute approximate surface area is 63.1 Å². The molecule has 0 radical (unpaired) electrons. The number of hydrogen-bond donors (Lipinski definition) is 1. The van der Waals surface area contributed by atoms with Gasteiger partial charge in [-0.05, 0) is 6.92 Å². The van der Waals surface area contributed by atoms with Crippen LogP contribution in [0.25, 0.3) is 0 Å². The first-order valence-electron chi connectivity index (χ1n) is 2.93. The predicted octanol–water partition coefficient (Wildman–Crippen LogP) is 0.950. The molecule has 0 saturated carbocycles. The number of rotatable bonds is 3. The molecular weight excluding hydrogens is 148 g/mol. The lowest BCUT2D eigenvalue weighted by Gasteiger charge is -2.03. The monoisotopic (exact) mass is 156 g/mol. The largest absolute Gasteiger partial charge is 0.350 e. The second-order valence-corrected chi connectivity index (χ2v) is 2.80. The zero-order valence-corrected chi connectivity index (χ0v) is 6.39. The molecular formula is C6H8N2OS. The van der Waals surface area contributed by atoms with E-state index in [9.17, 15) is 4.79 Å². The SMILES string of the molecule is CC(NC=O)c1nccs1. The number of aromatic nitrogens is 1. The van der Waals surface area contributed by atoms with Crippen molar-refractivity contribution >= 4 is 17.7 Å². The lowest BCUT2D eigenvalue weighted by Crippen LogP contribution is -2.15. The van der Waals surface area contributed by atoms with E-state index in [2.05, 4.69) is 10.3 Å². The summed E-state index contributed by atoms with van der Waals surface area (Å²) in [6.07, 6.45) is 2.41. The van der Waals surface area contributed by atoms with E-state index in [0.29, 0.717) is 6.41 Å². The number of carbonyl (C=O) groups excluding carboxylic acids is 1. The van der Waals surface area contributed by atoms with E-state index in [1.165, 1.54) is 11.3 Å². The molecule has 3 nitrogen and oxygen atoms in total. The zero-order valence-electron chi connectivity index (χ0n) is 5.57. The summed E-state index contributed by atoms with van der Waals surface area (Å²) in [6, 6.07) is 0.0394. The molecule has 0 fully saturated rings. The molecule has 0 spiro atoms. The molecule has 1 rings (SSSR count). The Balaban J connectivity index is 2.58. The number of hydrogen-bond acceptors (Lipinski definition) is 3. The molecule has 0 bridgehead atoms. The van der Waals surface area contributed by atoms with Gasteiger partial charge in [-0.15, -0.1) is 11.3 Å². The van der Waals surface area contributed by atoms with Crippen LogP contribution in [-0.4, -0.2) is 11.4 Å². The molecule has 0 aliphatic carbocycles. The molecule has 1 N–H and O–H groups in total. The average Bonchev–Trinajstić information content (AvgIpc) is 2.38. The average molecular weight is 156 g/mol. The highest BCUT2D eigenvalue weighted by Gasteiger charge is 2.04. The third kappa shape index (κ3) is 1.54. The number of thiazole rings is 1. The maximum absolute atomic E-state index is 9.98. The van der Waals surface area contributed by atoms with Gasteiger partial charge < -0.3 is 5.32 Å². The minimum Gasteiger partial charge on any atom is -0.350 e. The van der Waals surface area contributed by atoms with Gasteiger partial charge in [0.1, 0.15) is 5.01 Å². The molecule has 0 saturated heterocycles. The Morgan fingerprint density at radius 3 is 3.20 bits per heavy atom. The van der Waals surface area contributed by atoms with Crippen molar-refractivity contribution in [1.82, 2.24) is 10.3 Å². The van der Waals surface area contributed by atoms with Crippen LogP contribution < -0.4 is 5.32 Å². The molecule has 1 heterocycles. The van der Waals surface area contributed by atoms with Gasteiger partial charge in [0, 0.05) is 11.6 Å². The van der Waals surface area contributed by atoms with Crippen molar-refractivity contribution in [3.05, 3.63) is 16.6 Å². The Morgan fingerprint density at radius 2 is 2.70 bits per heavy atom. The summed E-state index contributed by atoms with van der Waals surface area (Å²) in [6.45, 7) is 1.90. The number of amides is 1. The lowest BCUT2D eigenvalue weighted by atomic mass is 10.4. The smallest absolute Gasteiger partial charge is 0.207 e. The molecule has 0 aliphatic rings. The van der Waals surface area contributed by atoms with Gasteiger partial charge in [-0.3, -0.25) is 4.79 Å². The summed E-state index contributed by atoms with van der Waals surface area (Å²) >= 11 is 1.54. The van der Waals surface area contributed by atoms with Crippen LogP contribution in [0, 0.1) is 0 Å². The Kier molecular flexibility index (Phi) is 2.39. The summed E-state index contributed by atoms with van der Waals surface area (Å²) in [5.41, 5.74) is 0. The minimum absolute atomic E-state index is 0.0394. The van der Waals surface area contributed by atoms with E-state index in [0.717, 1.165) is 5.01 Å². The molecule has 1 unspecified atom stereocenters. The van der Waals surface area contributed by atoms with Gasteiger partial charge in [0.15, 0.2) is 0 Å². The van der Waals surface area contributed by atoms with Crippen molar-refractivity contribution in [2.45, 2.75) is 13.0 Å². The van der Waals surface area contributed by atoms with Crippen LogP contribution in [0.4, 0.5) is 0 Å². The second kappa shape index (κ2) is 3.31. The Hall–Kier alpha value is -0.900. The number of nitrogens with one attached hydrogen (secondary N) is 1. The summed E-state index contributed by atoms with van der Waals surface area (Å²) in [7, 11) is 0. The topological polar surface area (TPSA) is 42.0 Å². The van der Waals surface area contributed by atoms with Crippen molar-refractivity contribution < 1.29 is 4.79 Å². The fraction of sp³-hybridized carbons (Fsp3) is 0.333. The first-order valence-corrected chi connectivity index (χ1v) is 3.81. The second-order valence-electron chi connectivity index (χ2n) is 1.88. The highest BCUT2D eigenvalue weighted by atomic mass is 32.1. The van der Waals surface area contributed by atoms with E-state index < -0.39 is 0 Å². The van der Waals surface area contributed by atoms with E-state index in [4.69, 9.17) is 0 Å². The van der Waals surface area contributed by atoms with Gasteiger partial charge in [-0.1, -0.05) is 0 Å². The number of carbonyl (C=O) groups is 1. The summed E-state index contributed by atoms with van der Waals surface area (Å²) in [5.74, 6) is 0. The normalized spacial score (nSPS) is 12.5. The summed E-state index contributed by atoms with van der Waals surface area (Å²) < 4.78 is 0. The van der Waals surface area contributed by atoms with Crippen molar-refractivity contribution in [2.24, 2.45) is 0 Å². The van der Waals surface area contributed by atoms with Crippen LogP contribution >= 0.6 is 11.3 Å². The third-order valence-corrected chi connectivity index (χ3v) is 2.10. The van der Waals surface area contributed by atoms with Crippen LogP contribution in [0.15, 0.2) is 11.6 Å². The Morgan fingerprint density at radius 1 is 1.90 bits per heavy atom. The Bertz CT molecular complexity index is 198. The summed E-state index contributed by atoms with van der Waals surface area (Å²) in [4.78, 5) is 14.0. The van der Waals surface area contributed by atoms with Gasteiger partial charge in [0.05, 0.1) is 6.04 Å². The van der Waals surface area contributed by atoms with Crippen LogP contribution in [0.1, 0.15) is 18.0 Å². The zero-order chi connectivity index (χ0) is 7.40. The minimum atomic E-state index is 0.0394. The van der Waals surface area contributed by atoms with Crippen molar-refractivity contribution in [1.29, 1.82) is 0 Å². The molecule has 1 amide bonds. The fourth-order valence-electron chi connectivity index (χ4n) is 0.622. The first-order chi connectivity index (χ1) is 4.84. The number of nitrogens with zero attached hydrogens (tertiary/aromatic N) is 1. The van der Waals surface area contributed by atoms with E-state index in [1.807, 2.05) is 12.3 Å². The standard InChI is InChI=1S/C6H8N2OS/c1-5(8-4-9)6-7-2-3-10-6/h2-5H,1H3,(H,8,9). The molecule has 0 aliphatic heterocycles. The van der Waals surface area contributed by atoms with Crippen LogP contribution in [-0.2, 0) is 4.79 Å². The molecule has 54 valence electrons. The van der Waals surface area contributed by atoms with Crippen LogP contribution in [0.5, 0.6) is 0 Å². The maximum atomic E-state index is 9.98. The quantitative estimate of drug-likeness (QED) is 0.662. The molecule has 1 aromatic heterocycles.